The summed E-state index contributed by atoms with van der Waals surface area (Å²) in [4.78, 5) is 26.3. The van der Waals surface area contributed by atoms with E-state index in [9.17, 15) is 14.7 Å². The van der Waals surface area contributed by atoms with Gasteiger partial charge in [0.2, 0.25) is 5.88 Å². The van der Waals surface area contributed by atoms with E-state index >= 15 is 0 Å². The molecule has 0 atom stereocenters. The molecule has 1 heterocycles. The number of carbonyl (C=O) groups excluding carboxylic acids is 1. The fourth-order valence-corrected chi connectivity index (χ4v) is 3.50. The van der Waals surface area contributed by atoms with Gasteiger partial charge in [-0.25, -0.2) is 0 Å². The Labute approximate surface area is 177 Å². The van der Waals surface area contributed by atoms with Gasteiger partial charge in [0.05, 0.1) is 12.0 Å². The molecule has 0 aliphatic carbocycles. The number of carbonyl (C=O) groups is 1. The minimum atomic E-state index is -0.297. The number of hydrogen-bond donors (Lipinski definition) is 2. The van der Waals surface area contributed by atoms with Crippen molar-refractivity contribution in [3.8, 4) is 17.4 Å². The summed E-state index contributed by atoms with van der Waals surface area (Å²) in [5.74, 6) is 0.842. The van der Waals surface area contributed by atoms with E-state index in [0.29, 0.717) is 28.4 Å². The third-order valence-corrected chi connectivity index (χ3v) is 5.12. The number of rotatable bonds is 9. The highest BCUT2D eigenvalue weighted by molar-refractivity contribution is 7.09. The molecule has 0 saturated heterocycles. The number of allylic oxidation sites excluding steroid dienone is 1. The maximum Gasteiger partial charge on any atom is 0.307 e. The van der Waals surface area contributed by atoms with Crippen LogP contribution in [0, 0.1) is 0 Å². The first kappa shape index (κ1) is 21.4. The number of nitrogens with one attached hydrogen (secondary N) is 1. The number of aromatic hydroxyl groups is 1. The molecule has 0 aliphatic rings. The SMILES string of the molecule is COCOc1ccc(C=CC(=O)c2ccc(Cc3sc(=O)[nH]c3O)cc2)cc1OC. The van der Waals surface area contributed by atoms with E-state index in [1.54, 1.807) is 49.6 Å². The lowest BCUT2D eigenvalue weighted by atomic mass is 10.0. The summed E-state index contributed by atoms with van der Waals surface area (Å²) >= 11 is 0.968. The molecule has 1 aromatic heterocycles. The highest BCUT2D eigenvalue weighted by atomic mass is 32.1. The number of hydrogen-bond acceptors (Lipinski definition) is 7. The van der Waals surface area contributed by atoms with E-state index in [1.165, 1.54) is 13.2 Å². The topological polar surface area (TPSA) is 97.9 Å². The zero-order chi connectivity index (χ0) is 21.5. The van der Waals surface area contributed by atoms with E-state index in [1.807, 2.05) is 6.07 Å². The monoisotopic (exact) mass is 427 g/mol. The molecular weight excluding hydrogens is 406 g/mol. The van der Waals surface area contributed by atoms with Gasteiger partial charge >= 0.3 is 4.87 Å². The highest BCUT2D eigenvalue weighted by Gasteiger charge is 2.09. The molecule has 0 fully saturated rings. The van der Waals surface area contributed by atoms with Gasteiger partial charge in [-0.1, -0.05) is 47.7 Å². The summed E-state index contributed by atoms with van der Waals surface area (Å²) in [7, 11) is 3.08. The smallest absolute Gasteiger partial charge is 0.307 e. The predicted molar refractivity (Wildman–Crippen MR) is 115 cm³/mol. The number of aromatic amines is 1. The van der Waals surface area contributed by atoms with Crippen LogP contribution in [0.1, 0.15) is 26.4 Å². The Morgan fingerprint density at radius 3 is 2.53 bits per heavy atom. The molecule has 0 bridgehead atoms. The minimum absolute atomic E-state index is 0.109. The molecule has 156 valence electrons. The van der Waals surface area contributed by atoms with Gasteiger partial charge < -0.3 is 19.3 Å². The number of H-pyrrole nitrogens is 1. The zero-order valence-electron chi connectivity index (χ0n) is 16.5. The van der Waals surface area contributed by atoms with Crippen molar-refractivity contribution in [2.75, 3.05) is 21.0 Å². The molecule has 0 unspecified atom stereocenters. The molecule has 2 N–H and O–H groups in total. The van der Waals surface area contributed by atoms with Gasteiger partial charge in [-0.05, 0) is 29.3 Å². The predicted octanol–water partition coefficient (Wildman–Crippen LogP) is 3.62. The first-order chi connectivity index (χ1) is 14.5. The Hall–Kier alpha value is -3.36. The van der Waals surface area contributed by atoms with Gasteiger partial charge in [0.25, 0.3) is 0 Å². The van der Waals surface area contributed by atoms with Crippen molar-refractivity contribution in [3.63, 3.8) is 0 Å². The zero-order valence-corrected chi connectivity index (χ0v) is 17.3. The maximum atomic E-state index is 12.5. The van der Waals surface area contributed by atoms with Gasteiger partial charge in [0.1, 0.15) is 0 Å². The summed E-state index contributed by atoms with van der Waals surface area (Å²) in [6.45, 7) is 0.114. The van der Waals surface area contributed by atoms with Crippen LogP contribution in [0.15, 0.2) is 53.3 Å². The largest absolute Gasteiger partial charge is 0.494 e. The number of ether oxygens (including phenoxy) is 3. The second-order valence-corrected chi connectivity index (χ2v) is 7.39. The minimum Gasteiger partial charge on any atom is -0.494 e. The molecule has 0 aliphatic heterocycles. The lowest BCUT2D eigenvalue weighted by Crippen LogP contribution is -2.00. The third kappa shape index (κ3) is 5.37. The van der Waals surface area contributed by atoms with Crippen molar-refractivity contribution in [2.45, 2.75) is 6.42 Å². The Balaban J connectivity index is 1.67. The van der Waals surface area contributed by atoms with E-state index in [-0.39, 0.29) is 23.3 Å². The summed E-state index contributed by atoms with van der Waals surface area (Å²) in [6.07, 6.45) is 3.61. The summed E-state index contributed by atoms with van der Waals surface area (Å²) in [6, 6.07) is 12.4. The van der Waals surface area contributed by atoms with Crippen molar-refractivity contribution < 1.29 is 24.1 Å². The first-order valence-electron chi connectivity index (χ1n) is 9.02. The van der Waals surface area contributed by atoms with Crippen LogP contribution in [-0.2, 0) is 11.2 Å². The normalized spacial score (nSPS) is 11.0. The van der Waals surface area contributed by atoms with Crippen LogP contribution in [0.5, 0.6) is 17.4 Å². The van der Waals surface area contributed by atoms with Crippen molar-refractivity contribution in [3.05, 3.63) is 79.8 Å². The van der Waals surface area contributed by atoms with Crippen molar-refractivity contribution in [1.82, 2.24) is 4.98 Å². The Kier molecular flexibility index (Phi) is 7.05. The van der Waals surface area contributed by atoms with E-state index < -0.39 is 0 Å². The number of benzene rings is 2. The number of thiazole rings is 1. The number of aromatic nitrogens is 1. The summed E-state index contributed by atoms with van der Waals surface area (Å²) < 4.78 is 15.6. The molecule has 0 spiro atoms. The molecule has 8 heteroatoms. The van der Waals surface area contributed by atoms with Gasteiger partial charge in [0, 0.05) is 19.1 Å². The fourth-order valence-electron chi connectivity index (χ4n) is 2.74. The lowest BCUT2D eigenvalue weighted by molar-refractivity contribution is 0.0491. The second kappa shape index (κ2) is 9.91. The molecule has 0 amide bonds. The van der Waals surface area contributed by atoms with Crippen LogP contribution >= 0.6 is 11.3 Å². The second-order valence-electron chi connectivity index (χ2n) is 6.32. The lowest BCUT2D eigenvalue weighted by Gasteiger charge is -2.10. The van der Waals surface area contributed by atoms with E-state index in [4.69, 9.17) is 14.2 Å². The Morgan fingerprint density at radius 2 is 1.90 bits per heavy atom. The van der Waals surface area contributed by atoms with Crippen molar-refractivity contribution in [1.29, 1.82) is 0 Å². The van der Waals surface area contributed by atoms with Crippen LogP contribution in [0.3, 0.4) is 0 Å². The van der Waals surface area contributed by atoms with Gasteiger partial charge in [-0.3, -0.25) is 14.6 Å². The average molecular weight is 427 g/mol. The molecule has 3 aromatic rings. The van der Waals surface area contributed by atoms with Crippen LogP contribution in [-0.4, -0.2) is 36.9 Å². The molecule has 0 saturated carbocycles. The third-order valence-electron chi connectivity index (χ3n) is 4.25. The molecule has 7 nitrogen and oxygen atoms in total. The quantitative estimate of drug-likeness (QED) is 0.308. The van der Waals surface area contributed by atoms with E-state index in [0.717, 1.165) is 22.5 Å². The van der Waals surface area contributed by atoms with Crippen LogP contribution in [0.25, 0.3) is 6.08 Å². The Bertz CT molecular complexity index is 1100. The molecule has 3 rings (SSSR count). The van der Waals surface area contributed by atoms with Gasteiger partial charge in [-0.15, -0.1) is 0 Å². The summed E-state index contributed by atoms with van der Waals surface area (Å²) in [5.41, 5.74) is 2.21. The molecule has 30 heavy (non-hydrogen) atoms. The average Bonchev–Trinajstić information content (AvgIpc) is 3.07. The van der Waals surface area contributed by atoms with Crippen molar-refractivity contribution >= 4 is 23.2 Å². The standard InChI is InChI=1S/C22H21NO6S/c1-27-13-29-18-10-6-14(11-19(18)28-2)5-9-17(24)16-7-3-15(4-8-16)12-20-21(25)23-22(26)30-20/h3-11,25H,12-13H2,1-2H3,(H,23,26). The van der Waals surface area contributed by atoms with Crippen LogP contribution in [0.2, 0.25) is 0 Å². The van der Waals surface area contributed by atoms with Crippen LogP contribution in [0.4, 0.5) is 0 Å². The highest BCUT2D eigenvalue weighted by Crippen LogP contribution is 2.28. The maximum absolute atomic E-state index is 12.5. The van der Waals surface area contributed by atoms with Crippen molar-refractivity contribution in [2.24, 2.45) is 0 Å². The number of ketones is 1. The van der Waals surface area contributed by atoms with Crippen LogP contribution < -0.4 is 14.3 Å². The molecule has 2 aromatic carbocycles. The summed E-state index contributed by atoms with van der Waals surface area (Å²) in [5, 5.41) is 9.68. The van der Waals surface area contributed by atoms with Gasteiger partial charge in [-0.2, -0.15) is 0 Å². The first-order valence-corrected chi connectivity index (χ1v) is 9.84. The fraction of sp³-hybridized carbons (Fsp3) is 0.182. The van der Waals surface area contributed by atoms with Gasteiger partial charge in [0.15, 0.2) is 24.1 Å². The van der Waals surface area contributed by atoms with E-state index in [2.05, 4.69) is 4.98 Å². The Morgan fingerprint density at radius 1 is 1.13 bits per heavy atom. The molecule has 0 radical (unpaired) electrons. The number of methoxy groups -OCH3 is 2. The molecular formula is C22H21NO6S.